The minimum absolute atomic E-state index is 0.233. The molecule has 0 radical (unpaired) electrons. The molecule has 1 aromatic carbocycles. The molecule has 1 aliphatic heterocycles. The van der Waals surface area contributed by atoms with Gasteiger partial charge in [-0.2, -0.15) is 0 Å². The highest BCUT2D eigenvalue weighted by molar-refractivity contribution is 5.94. The normalized spacial score (nSPS) is 13.7. The minimum Gasteiger partial charge on any atom is -0.357 e. The van der Waals surface area contributed by atoms with Gasteiger partial charge in [-0.1, -0.05) is 18.2 Å². The van der Waals surface area contributed by atoms with Crippen molar-refractivity contribution in [1.29, 1.82) is 0 Å². The molecule has 4 rings (SSSR count). The Morgan fingerprint density at radius 3 is 2.59 bits per heavy atom. The van der Waals surface area contributed by atoms with Gasteiger partial charge in [0.25, 0.3) is 0 Å². The number of rotatable bonds is 5. The van der Waals surface area contributed by atoms with Crippen molar-refractivity contribution in [2.75, 3.05) is 23.3 Å². The number of piperidine rings is 1. The molecule has 2 aromatic heterocycles. The number of carbonyl (C=O) groups excluding carboxylic acids is 1. The fourth-order valence-corrected chi connectivity index (χ4v) is 3.59. The van der Waals surface area contributed by atoms with Crippen LogP contribution in [0.5, 0.6) is 0 Å². The molecule has 0 saturated carbocycles. The van der Waals surface area contributed by atoms with Crippen LogP contribution in [0.2, 0.25) is 0 Å². The molecule has 6 nitrogen and oxygen atoms in total. The maximum atomic E-state index is 12.5. The number of amides is 2. The Morgan fingerprint density at radius 1 is 0.966 bits per heavy atom. The van der Waals surface area contributed by atoms with E-state index in [0.717, 1.165) is 41.3 Å². The number of pyridine rings is 2. The second kappa shape index (κ2) is 9.19. The number of carbonyl (C=O) groups is 1. The van der Waals surface area contributed by atoms with E-state index >= 15 is 0 Å². The van der Waals surface area contributed by atoms with Gasteiger partial charge in [0.15, 0.2) is 0 Å². The molecule has 0 bridgehead atoms. The van der Waals surface area contributed by atoms with Crippen LogP contribution in [0.15, 0.2) is 67.1 Å². The van der Waals surface area contributed by atoms with Gasteiger partial charge in [-0.25, -0.2) is 9.78 Å². The van der Waals surface area contributed by atoms with Crippen molar-refractivity contribution in [2.45, 2.75) is 25.8 Å². The van der Waals surface area contributed by atoms with Crippen LogP contribution in [0, 0.1) is 0 Å². The van der Waals surface area contributed by atoms with E-state index in [-0.39, 0.29) is 6.03 Å². The van der Waals surface area contributed by atoms with Crippen LogP contribution < -0.4 is 15.5 Å². The van der Waals surface area contributed by atoms with E-state index in [1.54, 1.807) is 12.4 Å². The lowest BCUT2D eigenvalue weighted by Crippen LogP contribution is -2.31. The van der Waals surface area contributed by atoms with Crippen molar-refractivity contribution < 1.29 is 4.79 Å². The zero-order chi connectivity index (χ0) is 19.9. The average molecular weight is 387 g/mol. The van der Waals surface area contributed by atoms with Crippen LogP contribution in [0.1, 0.15) is 24.8 Å². The van der Waals surface area contributed by atoms with E-state index in [0.29, 0.717) is 6.54 Å². The third-order valence-electron chi connectivity index (χ3n) is 5.11. The predicted molar refractivity (Wildman–Crippen MR) is 116 cm³/mol. The van der Waals surface area contributed by atoms with Crippen LogP contribution >= 0.6 is 0 Å². The van der Waals surface area contributed by atoms with Crippen molar-refractivity contribution in [1.82, 2.24) is 15.3 Å². The first-order valence-electron chi connectivity index (χ1n) is 10.0. The Balaban J connectivity index is 1.39. The summed E-state index contributed by atoms with van der Waals surface area (Å²) < 4.78 is 0. The van der Waals surface area contributed by atoms with Crippen molar-refractivity contribution in [3.8, 4) is 11.1 Å². The van der Waals surface area contributed by atoms with E-state index in [1.807, 2.05) is 48.7 Å². The number of para-hydroxylation sites is 1. The number of benzene rings is 1. The molecule has 1 saturated heterocycles. The number of urea groups is 1. The molecular formula is C23H25N5O. The largest absolute Gasteiger partial charge is 0.357 e. The summed E-state index contributed by atoms with van der Waals surface area (Å²) in [7, 11) is 0. The van der Waals surface area contributed by atoms with Gasteiger partial charge in [0, 0.05) is 43.8 Å². The summed E-state index contributed by atoms with van der Waals surface area (Å²) in [5, 5.41) is 5.91. The van der Waals surface area contributed by atoms with E-state index in [4.69, 9.17) is 0 Å². The summed E-state index contributed by atoms with van der Waals surface area (Å²) in [6, 6.07) is 15.4. The van der Waals surface area contributed by atoms with E-state index in [2.05, 4.69) is 31.6 Å². The van der Waals surface area contributed by atoms with Crippen LogP contribution in [0.25, 0.3) is 11.1 Å². The maximum Gasteiger partial charge on any atom is 0.319 e. The molecule has 0 unspecified atom stereocenters. The molecule has 29 heavy (non-hydrogen) atoms. The van der Waals surface area contributed by atoms with E-state index in [9.17, 15) is 4.79 Å². The fraction of sp³-hybridized carbons (Fsp3) is 0.261. The average Bonchev–Trinajstić information content (AvgIpc) is 2.79. The SMILES string of the molecule is O=C(NCc1ccnc(N2CCCCC2)c1)Nc1ccccc1-c1ccncc1. The summed E-state index contributed by atoms with van der Waals surface area (Å²) in [4.78, 5) is 23.4. The van der Waals surface area contributed by atoms with Gasteiger partial charge in [0.1, 0.15) is 5.82 Å². The van der Waals surface area contributed by atoms with Gasteiger partial charge < -0.3 is 15.5 Å². The first-order valence-corrected chi connectivity index (χ1v) is 10.0. The third-order valence-corrected chi connectivity index (χ3v) is 5.11. The number of hydrogen-bond acceptors (Lipinski definition) is 4. The van der Waals surface area contributed by atoms with Crippen molar-refractivity contribution in [2.24, 2.45) is 0 Å². The fourth-order valence-electron chi connectivity index (χ4n) is 3.59. The second-order valence-electron chi connectivity index (χ2n) is 7.16. The zero-order valence-electron chi connectivity index (χ0n) is 16.3. The predicted octanol–water partition coefficient (Wildman–Crippen LogP) is 4.46. The van der Waals surface area contributed by atoms with Gasteiger partial charge >= 0.3 is 6.03 Å². The Hall–Kier alpha value is -3.41. The van der Waals surface area contributed by atoms with E-state index < -0.39 is 0 Å². The Labute approximate surface area is 171 Å². The molecule has 3 heterocycles. The highest BCUT2D eigenvalue weighted by atomic mass is 16.2. The second-order valence-corrected chi connectivity index (χ2v) is 7.16. The third kappa shape index (κ3) is 4.90. The van der Waals surface area contributed by atoms with Crippen molar-refractivity contribution in [3.63, 3.8) is 0 Å². The van der Waals surface area contributed by atoms with Crippen LogP contribution in [-0.2, 0) is 6.54 Å². The van der Waals surface area contributed by atoms with Crippen LogP contribution in [0.4, 0.5) is 16.3 Å². The Kier molecular flexibility index (Phi) is 6.00. The first-order chi connectivity index (χ1) is 14.3. The molecule has 1 fully saturated rings. The molecule has 1 aliphatic rings. The number of nitrogens with zero attached hydrogens (tertiary/aromatic N) is 3. The van der Waals surface area contributed by atoms with E-state index in [1.165, 1.54) is 19.3 Å². The Morgan fingerprint density at radius 2 is 1.76 bits per heavy atom. The number of nitrogens with one attached hydrogen (secondary N) is 2. The number of hydrogen-bond donors (Lipinski definition) is 2. The maximum absolute atomic E-state index is 12.5. The van der Waals surface area contributed by atoms with Crippen LogP contribution in [-0.4, -0.2) is 29.1 Å². The van der Waals surface area contributed by atoms with Gasteiger partial charge in [0.05, 0.1) is 5.69 Å². The molecule has 3 aromatic rings. The monoisotopic (exact) mass is 387 g/mol. The molecule has 2 N–H and O–H groups in total. The molecular weight excluding hydrogens is 362 g/mol. The molecule has 148 valence electrons. The zero-order valence-corrected chi connectivity index (χ0v) is 16.3. The lowest BCUT2D eigenvalue weighted by molar-refractivity contribution is 0.251. The molecule has 0 spiro atoms. The summed E-state index contributed by atoms with van der Waals surface area (Å²) in [5.74, 6) is 0.993. The van der Waals surface area contributed by atoms with Gasteiger partial charge in [-0.3, -0.25) is 4.98 Å². The van der Waals surface area contributed by atoms with Crippen molar-refractivity contribution in [3.05, 3.63) is 72.7 Å². The number of anilines is 2. The lowest BCUT2D eigenvalue weighted by atomic mass is 10.1. The van der Waals surface area contributed by atoms with Crippen LogP contribution in [0.3, 0.4) is 0 Å². The topological polar surface area (TPSA) is 70.2 Å². The standard InChI is InChI=1S/C23H25N5O/c29-23(27-21-7-3-2-6-20(21)19-9-11-24-12-10-19)26-17-18-8-13-25-22(16-18)28-14-4-1-5-15-28/h2-3,6-13,16H,1,4-5,14-15,17H2,(H2,26,27,29). The molecule has 0 aliphatic carbocycles. The number of aromatic nitrogens is 2. The highest BCUT2D eigenvalue weighted by Crippen LogP contribution is 2.27. The van der Waals surface area contributed by atoms with Crippen molar-refractivity contribution >= 4 is 17.5 Å². The van der Waals surface area contributed by atoms with Gasteiger partial charge in [-0.05, 0) is 60.7 Å². The molecule has 6 heteroatoms. The smallest absolute Gasteiger partial charge is 0.319 e. The summed E-state index contributed by atoms with van der Waals surface area (Å²) >= 11 is 0. The molecule has 2 amide bonds. The minimum atomic E-state index is -0.233. The quantitative estimate of drug-likeness (QED) is 0.678. The summed E-state index contributed by atoms with van der Waals surface area (Å²) in [6.45, 7) is 2.55. The Bertz CT molecular complexity index is 954. The highest BCUT2D eigenvalue weighted by Gasteiger charge is 2.13. The molecule has 0 atom stereocenters. The summed E-state index contributed by atoms with van der Waals surface area (Å²) in [6.07, 6.45) is 9.02. The van der Waals surface area contributed by atoms with Gasteiger partial charge in [0.2, 0.25) is 0 Å². The lowest BCUT2D eigenvalue weighted by Gasteiger charge is -2.27. The summed E-state index contributed by atoms with van der Waals surface area (Å²) in [5.41, 5.74) is 3.77. The first kappa shape index (κ1) is 18.9. The van der Waals surface area contributed by atoms with Gasteiger partial charge in [-0.15, -0.1) is 0 Å².